The van der Waals surface area contributed by atoms with E-state index in [4.69, 9.17) is 10.5 Å². The molecule has 1 heterocycles. The van der Waals surface area contributed by atoms with E-state index in [9.17, 15) is 4.79 Å². The smallest absolute Gasteiger partial charge is 0.237 e. The molecule has 4 heteroatoms. The second-order valence-corrected chi connectivity index (χ2v) is 6.48. The monoisotopic (exact) mass is 304 g/mol. The van der Waals surface area contributed by atoms with Crippen LogP contribution in [-0.4, -0.2) is 31.7 Å². The van der Waals surface area contributed by atoms with E-state index >= 15 is 0 Å². The van der Waals surface area contributed by atoms with Gasteiger partial charge in [-0.05, 0) is 30.2 Å². The summed E-state index contributed by atoms with van der Waals surface area (Å²) in [7, 11) is 0. The first-order valence-electron chi connectivity index (χ1n) is 8.25. The average molecular weight is 304 g/mol. The molecule has 22 heavy (non-hydrogen) atoms. The summed E-state index contributed by atoms with van der Waals surface area (Å²) >= 11 is 0. The van der Waals surface area contributed by atoms with Crippen molar-refractivity contribution in [2.24, 2.45) is 17.6 Å². The molecular weight excluding hydrogens is 276 g/mol. The molecule has 0 spiro atoms. The molecule has 1 amide bonds. The number of carbonyl (C=O) groups excluding carboxylic acids is 1. The third kappa shape index (κ3) is 4.55. The van der Waals surface area contributed by atoms with Crippen LogP contribution in [0.2, 0.25) is 0 Å². The lowest BCUT2D eigenvalue weighted by Crippen LogP contribution is -2.48. The van der Waals surface area contributed by atoms with E-state index in [0.717, 1.165) is 12.8 Å². The number of hydrogen-bond donors (Lipinski definition) is 2. The van der Waals surface area contributed by atoms with Gasteiger partial charge in [-0.2, -0.15) is 0 Å². The summed E-state index contributed by atoms with van der Waals surface area (Å²) in [5.74, 6) is 0.977. The second-order valence-electron chi connectivity index (χ2n) is 6.48. The van der Waals surface area contributed by atoms with Gasteiger partial charge in [-0.3, -0.25) is 4.79 Å². The van der Waals surface area contributed by atoms with Crippen LogP contribution in [0.5, 0.6) is 0 Å². The van der Waals surface area contributed by atoms with E-state index in [1.165, 1.54) is 5.56 Å². The number of amides is 1. The quantitative estimate of drug-likeness (QED) is 0.847. The lowest BCUT2D eigenvalue weighted by Gasteiger charge is -2.28. The van der Waals surface area contributed by atoms with Crippen molar-refractivity contribution in [3.63, 3.8) is 0 Å². The van der Waals surface area contributed by atoms with Crippen molar-refractivity contribution in [3.8, 4) is 0 Å². The summed E-state index contributed by atoms with van der Waals surface area (Å²) in [5, 5.41) is 3.05. The molecule has 122 valence electrons. The van der Waals surface area contributed by atoms with Gasteiger partial charge >= 0.3 is 0 Å². The van der Waals surface area contributed by atoms with Crippen LogP contribution in [0.1, 0.15) is 38.2 Å². The fourth-order valence-electron chi connectivity index (χ4n) is 3.06. The Bertz CT molecular complexity index is 455. The van der Waals surface area contributed by atoms with Crippen LogP contribution in [0.3, 0.4) is 0 Å². The van der Waals surface area contributed by atoms with Crippen molar-refractivity contribution in [2.45, 2.75) is 38.6 Å². The SMILES string of the molecule is CC(C)C(CNC(=O)C(N)C1CCOCC1)c1ccccc1. The van der Waals surface area contributed by atoms with Crippen molar-refractivity contribution >= 4 is 5.91 Å². The van der Waals surface area contributed by atoms with E-state index in [0.29, 0.717) is 31.6 Å². The Labute approximate surface area is 133 Å². The van der Waals surface area contributed by atoms with Crippen LogP contribution >= 0.6 is 0 Å². The minimum Gasteiger partial charge on any atom is -0.381 e. The summed E-state index contributed by atoms with van der Waals surface area (Å²) < 4.78 is 5.33. The minimum atomic E-state index is -0.424. The van der Waals surface area contributed by atoms with Crippen LogP contribution < -0.4 is 11.1 Å². The second kappa shape index (κ2) is 8.30. The lowest BCUT2D eigenvalue weighted by atomic mass is 9.88. The van der Waals surface area contributed by atoms with Gasteiger partial charge in [0.15, 0.2) is 0 Å². The first kappa shape index (κ1) is 17.0. The highest BCUT2D eigenvalue weighted by Crippen LogP contribution is 2.23. The summed E-state index contributed by atoms with van der Waals surface area (Å²) in [6.07, 6.45) is 1.75. The van der Waals surface area contributed by atoms with Gasteiger partial charge in [0.1, 0.15) is 0 Å². The number of nitrogens with one attached hydrogen (secondary N) is 1. The van der Waals surface area contributed by atoms with Crippen LogP contribution in [0.4, 0.5) is 0 Å². The molecule has 2 unspecified atom stereocenters. The highest BCUT2D eigenvalue weighted by Gasteiger charge is 2.27. The van der Waals surface area contributed by atoms with Gasteiger partial charge in [0.05, 0.1) is 6.04 Å². The van der Waals surface area contributed by atoms with Gasteiger partial charge < -0.3 is 15.8 Å². The number of hydrogen-bond acceptors (Lipinski definition) is 3. The summed E-state index contributed by atoms with van der Waals surface area (Å²) in [6, 6.07) is 9.92. The zero-order chi connectivity index (χ0) is 15.9. The summed E-state index contributed by atoms with van der Waals surface area (Å²) in [6.45, 7) is 6.43. The molecule has 1 saturated heterocycles. The van der Waals surface area contributed by atoms with Crippen molar-refractivity contribution < 1.29 is 9.53 Å². The number of nitrogens with two attached hydrogens (primary N) is 1. The van der Waals surface area contributed by atoms with Gasteiger partial charge in [0.25, 0.3) is 0 Å². The van der Waals surface area contributed by atoms with E-state index < -0.39 is 6.04 Å². The zero-order valence-corrected chi connectivity index (χ0v) is 13.6. The maximum Gasteiger partial charge on any atom is 0.237 e. The van der Waals surface area contributed by atoms with Crippen molar-refractivity contribution in [1.82, 2.24) is 5.32 Å². The molecule has 1 aromatic carbocycles. The summed E-state index contributed by atoms with van der Waals surface area (Å²) in [5.41, 5.74) is 7.39. The van der Waals surface area contributed by atoms with E-state index in [1.807, 2.05) is 18.2 Å². The standard InChI is InChI=1S/C18H28N2O2/c1-13(2)16(14-6-4-3-5-7-14)12-20-18(21)17(19)15-8-10-22-11-9-15/h3-7,13,15-17H,8-12,19H2,1-2H3,(H,20,21). The Kier molecular flexibility index (Phi) is 6.40. The van der Waals surface area contributed by atoms with Gasteiger partial charge in [0.2, 0.25) is 5.91 Å². The normalized spacial score (nSPS) is 18.9. The molecule has 0 radical (unpaired) electrons. The third-order valence-electron chi connectivity index (χ3n) is 4.61. The van der Waals surface area contributed by atoms with Crippen molar-refractivity contribution in [3.05, 3.63) is 35.9 Å². The van der Waals surface area contributed by atoms with Gasteiger partial charge in [-0.1, -0.05) is 44.2 Å². The third-order valence-corrected chi connectivity index (χ3v) is 4.61. The molecule has 1 fully saturated rings. The van der Waals surface area contributed by atoms with Crippen LogP contribution in [0.15, 0.2) is 30.3 Å². The topological polar surface area (TPSA) is 64.4 Å². The average Bonchev–Trinajstić information content (AvgIpc) is 2.55. The van der Waals surface area contributed by atoms with Crippen LogP contribution in [-0.2, 0) is 9.53 Å². The predicted octanol–water partition coefficient (Wildman–Crippen LogP) is 2.30. The molecule has 0 aliphatic carbocycles. The molecule has 4 nitrogen and oxygen atoms in total. The summed E-state index contributed by atoms with van der Waals surface area (Å²) in [4.78, 5) is 12.3. The largest absolute Gasteiger partial charge is 0.381 e. The van der Waals surface area contributed by atoms with Crippen molar-refractivity contribution in [2.75, 3.05) is 19.8 Å². The van der Waals surface area contributed by atoms with E-state index in [-0.39, 0.29) is 11.8 Å². The first-order chi connectivity index (χ1) is 10.6. The molecule has 2 rings (SSSR count). The van der Waals surface area contributed by atoms with Gasteiger partial charge in [-0.25, -0.2) is 0 Å². The Morgan fingerprint density at radius 2 is 1.91 bits per heavy atom. The van der Waals surface area contributed by atoms with Crippen LogP contribution in [0.25, 0.3) is 0 Å². The molecule has 0 saturated carbocycles. The van der Waals surface area contributed by atoms with E-state index in [2.05, 4.69) is 31.3 Å². The van der Waals surface area contributed by atoms with Crippen molar-refractivity contribution in [1.29, 1.82) is 0 Å². The lowest BCUT2D eigenvalue weighted by molar-refractivity contribution is -0.124. The Morgan fingerprint density at radius 3 is 2.50 bits per heavy atom. The molecule has 1 aliphatic heterocycles. The van der Waals surface area contributed by atoms with Gasteiger partial charge in [0, 0.05) is 25.7 Å². The maximum absolute atomic E-state index is 12.3. The highest BCUT2D eigenvalue weighted by molar-refractivity contribution is 5.81. The number of ether oxygens (including phenoxy) is 1. The Hall–Kier alpha value is -1.39. The fraction of sp³-hybridized carbons (Fsp3) is 0.611. The van der Waals surface area contributed by atoms with E-state index in [1.54, 1.807) is 0 Å². The molecule has 0 bridgehead atoms. The number of benzene rings is 1. The Balaban J connectivity index is 1.90. The molecule has 1 aromatic rings. The number of carbonyl (C=O) groups is 1. The molecular formula is C18H28N2O2. The fourth-order valence-corrected chi connectivity index (χ4v) is 3.06. The molecule has 2 atom stereocenters. The highest BCUT2D eigenvalue weighted by atomic mass is 16.5. The zero-order valence-electron chi connectivity index (χ0n) is 13.6. The number of rotatable bonds is 6. The molecule has 3 N–H and O–H groups in total. The molecule has 1 aliphatic rings. The van der Waals surface area contributed by atoms with Crippen LogP contribution in [0, 0.1) is 11.8 Å². The Morgan fingerprint density at radius 1 is 1.27 bits per heavy atom. The minimum absolute atomic E-state index is 0.0338. The predicted molar refractivity (Wildman–Crippen MR) is 88.5 cm³/mol. The first-order valence-corrected chi connectivity index (χ1v) is 8.25. The van der Waals surface area contributed by atoms with Gasteiger partial charge in [-0.15, -0.1) is 0 Å². The molecule has 0 aromatic heterocycles. The maximum atomic E-state index is 12.3.